The number of benzene rings is 3. The van der Waals surface area contributed by atoms with Crippen molar-refractivity contribution in [1.29, 1.82) is 0 Å². The van der Waals surface area contributed by atoms with Crippen LogP contribution in [0.15, 0.2) is 71.8 Å². The first-order valence-corrected chi connectivity index (χ1v) is 8.79. The first-order valence-electron chi connectivity index (χ1n) is 8.79. The van der Waals surface area contributed by atoms with Gasteiger partial charge in [0.05, 0.1) is 11.9 Å². The second-order valence-electron chi connectivity index (χ2n) is 6.36. The minimum atomic E-state index is -0.400. The number of aromatic amines is 1. The number of hydrogen-bond donors (Lipinski definition) is 3. The third-order valence-corrected chi connectivity index (χ3v) is 4.59. The molecule has 0 spiro atoms. The fourth-order valence-corrected chi connectivity index (χ4v) is 3.13. The number of hydrazone groups is 1. The molecular weight excluding hydrogens is 352 g/mol. The Morgan fingerprint density at radius 1 is 1.07 bits per heavy atom. The van der Waals surface area contributed by atoms with Crippen LogP contribution >= 0.6 is 0 Å². The Morgan fingerprint density at radius 3 is 2.64 bits per heavy atom. The van der Waals surface area contributed by atoms with Crippen molar-refractivity contribution in [3.05, 3.63) is 83.6 Å². The molecule has 6 heteroatoms. The zero-order valence-corrected chi connectivity index (χ0v) is 15.2. The fourth-order valence-electron chi connectivity index (χ4n) is 3.13. The highest BCUT2D eigenvalue weighted by Crippen LogP contribution is 2.25. The Bertz CT molecular complexity index is 1180. The molecule has 0 atom stereocenters. The van der Waals surface area contributed by atoms with Crippen LogP contribution in [0.2, 0.25) is 0 Å². The number of phenols is 1. The van der Waals surface area contributed by atoms with Gasteiger partial charge in [0.1, 0.15) is 11.4 Å². The van der Waals surface area contributed by atoms with E-state index in [0.29, 0.717) is 11.3 Å². The molecule has 0 bridgehead atoms. The van der Waals surface area contributed by atoms with Crippen LogP contribution in [0.1, 0.15) is 21.6 Å². The maximum Gasteiger partial charge on any atom is 0.289 e. The number of carbonyl (C=O) groups is 1. The molecule has 0 aliphatic rings. The van der Waals surface area contributed by atoms with Gasteiger partial charge in [-0.15, -0.1) is 0 Å². The summed E-state index contributed by atoms with van der Waals surface area (Å²) in [4.78, 5) is 12.5. The molecule has 1 heterocycles. The van der Waals surface area contributed by atoms with Crippen molar-refractivity contribution in [1.82, 2.24) is 15.6 Å². The largest absolute Gasteiger partial charge is 0.507 e. The summed E-state index contributed by atoms with van der Waals surface area (Å²) in [7, 11) is 0. The lowest BCUT2D eigenvalue weighted by Crippen LogP contribution is -2.19. The van der Waals surface area contributed by atoms with E-state index in [4.69, 9.17) is 0 Å². The summed E-state index contributed by atoms with van der Waals surface area (Å²) < 4.78 is 0. The molecule has 1 amide bonds. The Hall–Kier alpha value is -3.93. The molecule has 1 aromatic heterocycles. The second-order valence-corrected chi connectivity index (χ2v) is 6.36. The van der Waals surface area contributed by atoms with Crippen molar-refractivity contribution in [2.75, 3.05) is 0 Å². The lowest BCUT2D eigenvalue weighted by Gasteiger charge is -2.05. The Balaban J connectivity index is 1.56. The highest BCUT2D eigenvalue weighted by Gasteiger charge is 2.16. The van der Waals surface area contributed by atoms with Gasteiger partial charge in [-0.3, -0.25) is 9.89 Å². The molecule has 0 aliphatic carbocycles. The van der Waals surface area contributed by atoms with Crippen LogP contribution in [0.3, 0.4) is 0 Å². The standard InChI is InChI=1S/C22H18N4O2/c1-14-20(16-8-3-2-4-9-16)24-25-21(14)22(28)26-23-13-18-17-10-6-5-7-15(17)11-12-19(18)27/h2-13,27H,1H3,(H,24,25)(H,26,28)/b23-13-. The fraction of sp³-hybridized carbons (Fsp3) is 0.0455. The molecule has 0 aliphatic heterocycles. The van der Waals surface area contributed by atoms with Crippen molar-refractivity contribution < 1.29 is 9.90 Å². The maximum atomic E-state index is 12.5. The molecule has 138 valence electrons. The Kier molecular flexibility index (Phi) is 4.60. The number of nitrogens with zero attached hydrogens (tertiary/aromatic N) is 2. The van der Waals surface area contributed by atoms with Gasteiger partial charge in [-0.25, -0.2) is 5.43 Å². The molecular formula is C22H18N4O2. The van der Waals surface area contributed by atoms with Crippen LogP contribution in [-0.4, -0.2) is 27.4 Å². The molecule has 4 rings (SSSR count). The topological polar surface area (TPSA) is 90.4 Å². The predicted octanol–water partition coefficient (Wildman–Crippen LogP) is 4.01. The van der Waals surface area contributed by atoms with E-state index in [9.17, 15) is 9.90 Å². The quantitative estimate of drug-likeness (QED) is 0.374. The molecule has 3 N–H and O–H groups in total. The number of aromatic hydroxyl groups is 1. The van der Waals surface area contributed by atoms with Gasteiger partial charge in [-0.1, -0.05) is 60.7 Å². The summed E-state index contributed by atoms with van der Waals surface area (Å²) in [5.74, 6) is -0.302. The number of aromatic nitrogens is 2. The number of H-pyrrole nitrogens is 1. The highest BCUT2D eigenvalue weighted by molar-refractivity contribution is 6.03. The van der Waals surface area contributed by atoms with Crippen LogP contribution < -0.4 is 5.43 Å². The first-order chi connectivity index (χ1) is 13.6. The third kappa shape index (κ3) is 3.23. The van der Waals surface area contributed by atoms with Crippen molar-refractivity contribution in [3.8, 4) is 17.0 Å². The smallest absolute Gasteiger partial charge is 0.289 e. The van der Waals surface area contributed by atoms with Gasteiger partial charge in [-0.05, 0) is 23.8 Å². The van der Waals surface area contributed by atoms with Gasteiger partial charge in [0.2, 0.25) is 0 Å². The van der Waals surface area contributed by atoms with Crippen molar-refractivity contribution >= 4 is 22.9 Å². The Morgan fingerprint density at radius 2 is 1.82 bits per heavy atom. The molecule has 28 heavy (non-hydrogen) atoms. The molecule has 0 radical (unpaired) electrons. The van der Waals surface area contributed by atoms with Crippen molar-refractivity contribution in [2.24, 2.45) is 5.10 Å². The molecule has 0 saturated heterocycles. The molecule has 0 saturated carbocycles. The van der Waals surface area contributed by atoms with E-state index in [1.165, 1.54) is 6.21 Å². The normalized spacial score (nSPS) is 11.2. The van der Waals surface area contributed by atoms with Crippen molar-refractivity contribution in [2.45, 2.75) is 6.92 Å². The lowest BCUT2D eigenvalue weighted by atomic mass is 10.0. The molecule has 3 aromatic carbocycles. The van der Waals surface area contributed by atoms with Gasteiger partial charge in [0, 0.05) is 16.7 Å². The highest BCUT2D eigenvalue weighted by atomic mass is 16.3. The first kappa shape index (κ1) is 17.5. The van der Waals surface area contributed by atoms with E-state index in [1.54, 1.807) is 6.07 Å². The minimum absolute atomic E-state index is 0.0979. The molecule has 6 nitrogen and oxygen atoms in total. The molecule has 4 aromatic rings. The van der Waals surface area contributed by atoms with Crippen LogP contribution in [0.5, 0.6) is 5.75 Å². The third-order valence-electron chi connectivity index (χ3n) is 4.59. The number of carbonyl (C=O) groups excluding carboxylic acids is 1. The van der Waals surface area contributed by atoms with Gasteiger partial charge >= 0.3 is 0 Å². The lowest BCUT2D eigenvalue weighted by molar-refractivity contribution is 0.0949. The summed E-state index contributed by atoms with van der Waals surface area (Å²) in [5, 5.41) is 23.0. The van der Waals surface area contributed by atoms with E-state index >= 15 is 0 Å². The van der Waals surface area contributed by atoms with E-state index in [-0.39, 0.29) is 5.75 Å². The van der Waals surface area contributed by atoms with Crippen molar-refractivity contribution in [3.63, 3.8) is 0 Å². The minimum Gasteiger partial charge on any atom is -0.507 e. The van der Waals surface area contributed by atoms with Crippen LogP contribution in [-0.2, 0) is 0 Å². The van der Waals surface area contributed by atoms with E-state index in [0.717, 1.165) is 27.6 Å². The SMILES string of the molecule is Cc1c(-c2ccccc2)n[nH]c1C(=O)N/N=C\c1c(O)ccc2ccccc12. The summed E-state index contributed by atoms with van der Waals surface area (Å²) >= 11 is 0. The predicted molar refractivity (Wildman–Crippen MR) is 109 cm³/mol. The van der Waals surface area contributed by atoms with Crippen LogP contribution in [0.4, 0.5) is 0 Å². The summed E-state index contributed by atoms with van der Waals surface area (Å²) in [6, 6.07) is 20.7. The average Bonchev–Trinajstić information content (AvgIpc) is 3.11. The zero-order chi connectivity index (χ0) is 19.5. The van der Waals surface area contributed by atoms with Gasteiger partial charge < -0.3 is 5.11 Å². The second kappa shape index (κ2) is 7.36. The van der Waals surface area contributed by atoms with E-state index < -0.39 is 5.91 Å². The van der Waals surface area contributed by atoms with Crippen LogP contribution in [0, 0.1) is 6.92 Å². The zero-order valence-electron chi connectivity index (χ0n) is 15.2. The van der Waals surface area contributed by atoms with Gasteiger partial charge in [0.15, 0.2) is 0 Å². The monoisotopic (exact) mass is 370 g/mol. The summed E-state index contributed by atoms with van der Waals surface area (Å²) in [6.07, 6.45) is 1.44. The maximum absolute atomic E-state index is 12.5. The number of hydrogen-bond acceptors (Lipinski definition) is 4. The number of rotatable bonds is 4. The number of fused-ring (bicyclic) bond motifs is 1. The Labute approximate surface area is 161 Å². The number of nitrogens with one attached hydrogen (secondary N) is 2. The number of amides is 1. The van der Waals surface area contributed by atoms with Gasteiger partial charge in [0.25, 0.3) is 5.91 Å². The molecule has 0 unspecified atom stereocenters. The van der Waals surface area contributed by atoms with E-state index in [1.807, 2.05) is 67.6 Å². The summed E-state index contributed by atoms with van der Waals surface area (Å²) in [6.45, 7) is 1.83. The van der Waals surface area contributed by atoms with Gasteiger partial charge in [-0.2, -0.15) is 10.2 Å². The summed E-state index contributed by atoms with van der Waals surface area (Å²) in [5.41, 5.74) is 5.78. The molecule has 0 fully saturated rings. The number of phenolic OH excluding ortho intramolecular Hbond substituents is 1. The average molecular weight is 370 g/mol. The van der Waals surface area contributed by atoms with Crippen LogP contribution in [0.25, 0.3) is 22.0 Å². The van der Waals surface area contributed by atoms with E-state index in [2.05, 4.69) is 20.7 Å².